The third kappa shape index (κ3) is 3.19. The number of carbonyl (C=O) groups is 4. The quantitative estimate of drug-likeness (QED) is 0.289. The molecule has 0 aromatic heterocycles. The maximum atomic E-state index is 13.6. The van der Waals surface area contributed by atoms with Gasteiger partial charge in [-0.05, 0) is 31.6 Å². The van der Waals surface area contributed by atoms with Crippen molar-refractivity contribution in [1.29, 1.82) is 0 Å². The molecular formula is C25H28N2O9. The van der Waals surface area contributed by atoms with Gasteiger partial charge in [0, 0.05) is 17.9 Å². The lowest BCUT2D eigenvalue weighted by molar-refractivity contribution is -0.180. The largest absolute Gasteiger partial charge is 0.510 e. The van der Waals surface area contributed by atoms with E-state index in [0.29, 0.717) is 5.56 Å². The van der Waals surface area contributed by atoms with E-state index in [1.807, 2.05) is 0 Å². The van der Waals surface area contributed by atoms with Crippen LogP contribution in [0.5, 0.6) is 5.75 Å². The number of ether oxygens (including phenoxy) is 1. The van der Waals surface area contributed by atoms with Gasteiger partial charge in [-0.2, -0.15) is 0 Å². The van der Waals surface area contributed by atoms with Gasteiger partial charge in [0.1, 0.15) is 28.9 Å². The number of fused-ring (bicyclic) bond motifs is 3. The average Bonchev–Trinajstić information content (AvgIpc) is 2.80. The number of carbonyl (C=O) groups excluding carboxylic acids is 4. The highest BCUT2D eigenvalue weighted by atomic mass is 16.5. The topological polar surface area (TPSA) is 188 Å². The second kappa shape index (κ2) is 8.45. The molecule has 36 heavy (non-hydrogen) atoms. The molecule has 1 amide bonds. The number of ketones is 2. The van der Waals surface area contributed by atoms with Crippen molar-refractivity contribution in [2.75, 3.05) is 14.1 Å². The lowest BCUT2D eigenvalue weighted by Crippen LogP contribution is -2.69. The first-order valence-corrected chi connectivity index (χ1v) is 11.5. The van der Waals surface area contributed by atoms with Crippen LogP contribution in [-0.2, 0) is 19.1 Å². The van der Waals surface area contributed by atoms with Crippen LogP contribution < -0.4 is 5.73 Å². The van der Waals surface area contributed by atoms with Crippen LogP contribution in [-0.4, -0.2) is 80.6 Å². The Morgan fingerprint density at radius 2 is 1.81 bits per heavy atom. The van der Waals surface area contributed by atoms with Crippen LogP contribution in [0.2, 0.25) is 0 Å². The molecule has 3 aliphatic rings. The normalized spacial score (nSPS) is 31.7. The molecule has 4 rings (SSSR count). The van der Waals surface area contributed by atoms with Crippen molar-refractivity contribution in [3.8, 4) is 5.75 Å². The summed E-state index contributed by atoms with van der Waals surface area (Å²) in [5.41, 5.74) is 1.36. The Balaban J connectivity index is 2.11. The number of nitrogens with zero attached hydrogens (tertiary/aromatic N) is 1. The van der Waals surface area contributed by atoms with Crippen LogP contribution in [0.25, 0.3) is 0 Å². The number of aliphatic hydroxyl groups is 3. The zero-order chi connectivity index (χ0) is 26.9. The van der Waals surface area contributed by atoms with Crippen LogP contribution in [0.1, 0.15) is 42.1 Å². The van der Waals surface area contributed by atoms with Gasteiger partial charge < -0.3 is 30.9 Å². The van der Waals surface area contributed by atoms with Gasteiger partial charge in [-0.25, -0.2) is 0 Å². The van der Waals surface area contributed by atoms with Gasteiger partial charge >= 0.3 is 5.97 Å². The molecule has 11 nitrogen and oxygen atoms in total. The molecular weight excluding hydrogens is 472 g/mol. The average molecular weight is 501 g/mol. The monoisotopic (exact) mass is 500 g/mol. The Kier molecular flexibility index (Phi) is 5.96. The van der Waals surface area contributed by atoms with Crippen LogP contribution >= 0.6 is 0 Å². The number of aliphatic hydroxyl groups excluding tert-OH is 2. The van der Waals surface area contributed by atoms with E-state index in [0.717, 1.165) is 0 Å². The zero-order valence-corrected chi connectivity index (χ0v) is 20.2. The maximum Gasteiger partial charge on any atom is 0.305 e. The summed E-state index contributed by atoms with van der Waals surface area (Å²) in [5.74, 6) is -9.67. The summed E-state index contributed by atoms with van der Waals surface area (Å²) in [6, 6.07) is 3.14. The highest BCUT2D eigenvalue weighted by Crippen LogP contribution is 2.56. The van der Waals surface area contributed by atoms with E-state index >= 15 is 0 Å². The lowest BCUT2D eigenvalue weighted by atomic mass is 9.55. The number of hydrogen-bond acceptors (Lipinski definition) is 10. The molecule has 1 aromatic carbocycles. The van der Waals surface area contributed by atoms with Crippen molar-refractivity contribution in [3.05, 3.63) is 52.0 Å². The van der Waals surface area contributed by atoms with Gasteiger partial charge in [0.2, 0.25) is 5.78 Å². The molecule has 1 aromatic rings. The molecule has 0 saturated carbocycles. The molecule has 0 bridgehead atoms. The SMILES string of the molecule is CCC(=O)O[C@@H]1C2[C@H](N(C)C)C(O)=C(C(N)=O)C(=O)[C@@]2(O)C(O)=C2C(=O)c3c(O)cccc3[C@H](C)[C@H]21. The second-order valence-corrected chi connectivity index (χ2v) is 9.61. The molecule has 3 aliphatic carbocycles. The highest BCUT2D eigenvalue weighted by Gasteiger charge is 2.68. The molecule has 0 heterocycles. The molecule has 0 saturated heterocycles. The second-order valence-electron chi connectivity index (χ2n) is 9.61. The number of Topliss-reactive ketones (excluding diaryl/α,β-unsaturated/α-hetero) is 2. The number of aromatic hydroxyl groups is 1. The molecule has 192 valence electrons. The summed E-state index contributed by atoms with van der Waals surface area (Å²) in [4.78, 5) is 53.2. The number of phenols is 1. The summed E-state index contributed by atoms with van der Waals surface area (Å²) in [6.45, 7) is 3.23. The number of amides is 1. The van der Waals surface area contributed by atoms with Crippen LogP contribution in [0.3, 0.4) is 0 Å². The molecule has 6 N–H and O–H groups in total. The number of phenolic OH excluding ortho intramolecular Hbond substituents is 1. The van der Waals surface area contributed by atoms with Crippen molar-refractivity contribution < 1.29 is 44.3 Å². The first-order valence-electron chi connectivity index (χ1n) is 11.5. The Bertz CT molecular complexity index is 1260. The number of primary amides is 1. The van der Waals surface area contributed by atoms with E-state index in [4.69, 9.17) is 10.5 Å². The summed E-state index contributed by atoms with van der Waals surface area (Å²) < 4.78 is 5.74. The molecule has 0 radical (unpaired) electrons. The van der Waals surface area contributed by atoms with Crippen molar-refractivity contribution in [2.45, 2.75) is 43.9 Å². The van der Waals surface area contributed by atoms with Crippen molar-refractivity contribution in [3.63, 3.8) is 0 Å². The van der Waals surface area contributed by atoms with Gasteiger partial charge in [-0.1, -0.05) is 26.0 Å². The van der Waals surface area contributed by atoms with E-state index in [-0.39, 0.29) is 17.7 Å². The summed E-state index contributed by atoms with van der Waals surface area (Å²) in [6.07, 6.45) is -1.47. The Morgan fingerprint density at radius 3 is 2.36 bits per heavy atom. The minimum atomic E-state index is -2.94. The minimum absolute atomic E-state index is 0.0754. The Labute approximate surface area is 206 Å². The maximum absolute atomic E-state index is 13.6. The van der Waals surface area contributed by atoms with Crippen molar-refractivity contribution >= 4 is 23.4 Å². The smallest absolute Gasteiger partial charge is 0.305 e. The van der Waals surface area contributed by atoms with Crippen molar-refractivity contribution in [1.82, 2.24) is 4.90 Å². The van der Waals surface area contributed by atoms with Gasteiger partial charge in [0.25, 0.3) is 5.91 Å². The zero-order valence-electron chi connectivity index (χ0n) is 20.2. The van der Waals surface area contributed by atoms with E-state index in [9.17, 15) is 39.6 Å². The van der Waals surface area contributed by atoms with E-state index in [2.05, 4.69) is 0 Å². The van der Waals surface area contributed by atoms with Gasteiger partial charge in [-0.3, -0.25) is 24.1 Å². The predicted molar refractivity (Wildman–Crippen MR) is 124 cm³/mol. The number of hydrogen-bond donors (Lipinski definition) is 5. The molecule has 0 aliphatic heterocycles. The fraction of sp³-hybridized carbons (Fsp3) is 0.440. The van der Waals surface area contributed by atoms with Crippen LogP contribution in [0.4, 0.5) is 0 Å². The number of nitrogens with two attached hydrogens (primary N) is 1. The molecule has 6 atom stereocenters. The molecule has 0 fully saturated rings. The Morgan fingerprint density at radius 1 is 1.17 bits per heavy atom. The van der Waals surface area contributed by atoms with E-state index in [1.54, 1.807) is 19.1 Å². The molecule has 1 unspecified atom stereocenters. The number of rotatable bonds is 4. The van der Waals surface area contributed by atoms with Crippen LogP contribution in [0, 0.1) is 11.8 Å². The molecule has 0 spiro atoms. The van der Waals surface area contributed by atoms with Gasteiger partial charge in [-0.15, -0.1) is 0 Å². The predicted octanol–water partition coefficient (Wildman–Crippen LogP) is 0.613. The lowest BCUT2D eigenvalue weighted by Gasteiger charge is -2.54. The van der Waals surface area contributed by atoms with E-state index in [1.165, 1.54) is 32.0 Å². The summed E-state index contributed by atoms with van der Waals surface area (Å²) in [7, 11) is 2.99. The third-order valence-corrected chi connectivity index (χ3v) is 7.52. The Hall–Kier alpha value is -3.70. The number of benzene rings is 1. The van der Waals surface area contributed by atoms with Crippen LogP contribution in [0.15, 0.2) is 40.9 Å². The van der Waals surface area contributed by atoms with E-state index < -0.39 is 81.6 Å². The fourth-order valence-electron chi connectivity index (χ4n) is 5.93. The van der Waals surface area contributed by atoms with Gasteiger partial charge in [0.05, 0.1) is 17.5 Å². The van der Waals surface area contributed by atoms with Gasteiger partial charge in [0.15, 0.2) is 11.4 Å². The third-order valence-electron chi connectivity index (χ3n) is 7.52. The fourth-order valence-corrected chi connectivity index (χ4v) is 5.93. The minimum Gasteiger partial charge on any atom is -0.510 e. The summed E-state index contributed by atoms with van der Waals surface area (Å²) in [5, 5.41) is 44.7. The number of esters is 1. The highest BCUT2D eigenvalue weighted by molar-refractivity contribution is 6.25. The first-order chi connectivity index (χ1) is 16.8. The standard InChI is InChI=1S/C25H28N2O9/c1-5-12(29)36-21-13-9(2)10-7-6-8-11(28)14(10)19(30)15(13)22(32)25(35)17(21)18(27(3)4)20(31)16(23(25)33)24(26)34/h6-9,13,17-18,21,28,31-32,35H,5H2,1-4H3,(H2,26,34)/t9-,13+,17?,18-,21-,25-/m0/s1. The molecule has 11 heteroatoms. The van der Waals surface area contributed by atoms with Crippen molar-refractivity contribution in [2.24, 2.45) is 17.6 Å². The first kappa shape index (κ1) is 25.4. The summed E-state index contributed by atoms with van der Waals surface area (Å²) >= 11 is 0. The number of likely N-dealkylation sites (N-methyl/N-ethyl adjacent to an activating group) is 1.